The number of carbonyl (C=O) groups excluding carboxylic acids is 2. The molecule has 1 saturated heterocycles. The number of nitrogens with one attached hydrogen (secondary N) is 1. The zero-order valence-electron chi connectivity index (χ0n) is 11.8. The van der Waals surface area contributed by atoms with Gasteiger partial charge in [-0.25, -0.2) is 0 Å². The van der Waals surface area contributed by atoms with Crippen LogP contribution in [0.25, 0.3) is 0 Å². The Labute approximate surface area is 119 Å². The van der Waals surface area contributed by atoms with Crippen molar-refractivity contribution in [3.63, 3.8) is 0 Å². The number of amides is 2. The van der Waals surface area contributed by atoms with Crippen molar-refractivity contribution in [2.75, 3.05) is 7.05 Å². The molecule has 2 aliphatic rings. The van der Waals surface area contributed by atoms with Crippen LogP contribution in [-0.2, 0) is 9.59 Å². The van der Waals surface area contributed by atoms with Gasteiger partial charge in [0.1, 0.15) is 11.6 Å². The zero-order chi connectivity index (χ0) is 14.2. The van der Waals surface area contributed by atoms with E-state index in [4.69, 9.17) is 0 Å². The molecule has 0 bridgehead atoms. The first-order chi connectivity index (χ1) is 9.64. The highest BCUT2D eigenvalue weighted by Crippen LogP contribution is 2.36. The second kappa shape index (κ2) is 4.93. The van der Waals surface area contributed by atoms with Crippen molar-refractivity contribution in [3.8, 4) is 0 Å². The van der Waals surface area contributed by atoms with E-state index in [2.05, 4.69) is 5.32 Å². The van der Waals surface area contributed by atoms with E-state index in [1.165, 1.54) is 0 Å². The molecule has 0 aromatic heterocycles. The number of carbonyl (C=O) groups is 2. The normalized spacial score (nSPS) is 25.6. The van der Waals surface area contributed by atoms with Gasteiger partial charge in [-0.2, -0.15) is 0 Å². The molecule has 0 radical (unpaired) electrons. The van der Waals surface area contributed by atoms with Gasteiger partial charge in [0.2, 0.25) is 11.8 Å². The summed E-state index contributed by atoms with van der Waals surface area (Å²) < 4.78 is 0. The molecule has 4 nitrogen and oxygen atoms in total. The Balaban J connectivity index is 1.91. The summed E-state index contributed by atoms with van der Waals surface area (Å²) in [5, 5.41) is 3.03. The SMILES string of the molecule is CN1C(=O)C2(CCCCC2)NC(=O)C1c1ccccc1. The molecular weight excluding hydrogens is 252 g/mol. The lowest BCUT2D eigenvalue weighted by Crippen LogP contribution is -2.67. The van der Waals surface area contributed by atoms with Crippen molar-refractivity contribution >= 4 is 11.8 Å². The minimum atomic E-state index is -0.643. The second-order valence-electron chi connectivity index (χ2n) is 5.86. The quantitative estimate of drug-likeness (QED) is 0.850. The van der Waals surface area contributed by atoms with Crippen molar-refractivity contribution in [2.45, 2.75) is 43.7 Å². The Hall–Kier alpha value is -1.84. The topological polar surface area (TPSA) is 49.4 Å². The van der Waals surface area contributed by atoms with E-state index in [0.29, 0.717) is 0 Å². The van der Waals surface area contributed by atoms with Crippen LogP contribution < -0.4 is 5.32 Å². The van der Waals surface area contributed by atoms with Gasteiger partial charge < -0.3 is 10.2 Å². The van der Waals surface area contributed by atoms with Gasteiger partial charge in [-0.1, -0.05) is 49.6 Å². The summed E-state index contributed by atoms with van der Waals surface area (Å²) in [6.07, 6.45) is 4.70. The number of hydrogen-bond acceptors (Lipinski definition) is 2. The summed E-state index contributed by atoms with van der Waals surface area (Å²) in [5.41, 5.74) is 0.224. The molecule has 1 heterocycles. The Morgan fingerprint density at radius 1 is 1.10 bits per heavy atom. The fourth-order valence-corrected chi connectivity index (χ4v) is 3.49. The number of nitrogens with zero attached hydrogens (tertiary/aromatic N) is 1. The molecule has 1 N–H and O–H groups in total. The molecular formula is C16H20N2O2. The molecule has 1 spiro atoms. The maximum atomic E-state index is 12.7. The number of rotatable bonds is 1. The maximum absolute atomic E-state index is 12.7. The predicted octanol–water partition coefficient (Wildman–Crippen LogP) is 2.02. The lowest BCUT2D eigenvalue weighted by molar-refractivity contribution is -0.155. The van der Waals surface area contributed by atoms with Gasteiger partial charge in [0.15, 0.2) is 0 Å². The molecule has 1 aliphatic heterocycles. The van der Waals surface area contributed by atoms with Crippen LogP contribution in [0.4, 0.5) is 0 Å². The van der Waals surface area contributed by atoms with Gasteiger partial charge in [0, 0.05) is 7.05 Å². The van der Waals surface area contributed by atoms with E-state index < -0.39 is 11.6 Å². The molecule has 2 amide bonds. The highest BCUT2D eigenvalue weighted by atomic mass is 16.2. The summed E-state index contributed by atoms with van der Waals surface area (Å²) in [5.74, 6) is 0.00542. The molecule has 20 heavy (non-hydrogen) atoms. The Morgan fingerprint density at radius 2 is 1.75 bits per heavy atom. The van der Waals surface area contributed by atoms with Crippen LogP contribution >= 0.6 is 0 Å². The van der Waals surface area contributed by atoms with Crippen LogP contribution in [0, 0.1) is 0 Å². The molecule has 1 aromatic carbocycles. The minimum absolute atomic E-state index is 0.0554. The van der Waals surface area contributed by atoms with Crippen molar-refractivity contribution < 1.29 is 9.59 Å². The smallest absolute Gasteiger partial charge is 0.249 e. The van der Waals surface area contributed by atoms with E-state index in [0.717, 1.165) is 37.7 Å². The van der Waals surface area contributed by atoms with Crippen molar-refractivity contribution in [1.82, 2.24) is 10.2 Å². The van der Waals surface area contributed by atoms with Gasteiger partial charge in [-0.15, -0.1) is 0 Å². The molecule has 1 aromatic rings. The van der Waals surface area contributed by atoms with Crippen LogP contribution in [0.2, 0.25) is 0 Å². The highest BCUT2D eigenvalue weighted by Gasteiger charge is 2.50. The number of likely N-dealkylation sites (N-methyl/N-ethyl adjacent to an activating group) is 1. The fourth-order valence-electron chi connectivity index (χ4n) is 3.49. The van der Waals surface area contributed by atoms with Gasteiger partial charge in [0.25, 0.3) is 0 Å². The van der Waals surface area contributed by atoms with Gasteiger partial charge in [0.05, 0.1) is 0 Å². The van der Waals surface area contributed by atoms with E-state index in [-0.39, 0.29) is 11.8 Å². The second-order valence-corrected chi connectivity index (χ2v) is 5.86. The zero-order valence-corrected chi connectivity index (χ0v) is 11.8. The van der Waals surface area contributed by atoms with Crippen LogP contribution in [0.1, 0.15) is 43.7 Å². The first-order valence-corrected chi connectivity index (χ1v) is 7.28. The average Bonchev–Trinajstić information content (AvgIpc) is 2.47. The monoisotopic (exact) mass is 272 g/mol. The average molecular weight is 272 g/mol. The van der Waals surface area contributed by atoms with Crippen molar-refractivity contribution in [1.29, 1.82) is 0 Å². The molecule has 4 heteroatoms. The molecule has 2 fully saturated rings. The number of piperazine rings is 1. The van der Waals surface area contributed by atoms with Gasteiger partial charge in [-0.3, -0.25) is 9.59 Å². The lowest BCUT2D eigenvalue weighted by atomic mass is 9.78. The molecule has 3 rings (SSSR count). The molecule has 1 atom stereocenters. The van der Waals surface area contributed by atoms with E-state index in [1.54, 1.807) is 11.9 Å². The Bertz CT molecular complexity index is 521. The van der Waals surface area contributed by atoms with E-state index in [1.807, 2.05) is 30.3 Å². The third kappa shape index (κ3) is 1.99. The van der Waals surface area contributed by atoms with Crippen molar-refractivity contribution in [3.05, 3.63) is 35.9 Å². The van der Waals surface area contributed by atoms with E-state index >= 15 is 0 Å². The largest absolute Gasteiger partial charge is 0.340 e. The summed E-state index contributed by atoms with van der Waals surface area (Å²) in [4.78, 5) is 26.9. The van der Waals surface area contributed by atoms with Crippen LogP contribution in [-0.4, -0.2) is 29.3 Å². The molecule has 1 aliphatic carbocycles. The standard InChI is InChI=1S/C16H20N2O2/c1-18-13(12-8-4-2-5-9-12)14(19)17-16(15(18)20)10-6-3-7-11-16/h2,4-5,8-9,13H,3,6-7,10-11H2,1H3,(H,17,19). The van der Waals surface area contributed by atoms with Crippen molar-refractivity contribution in [2.24, 2.45) is 0 Å². The highest BCUT2D eigenvalue weighted by molar-refractivity contribution is 6.00. The summed E-state index contributed by atoms with van der Waals surface area (Å²) >= 11 is 0. The fraction of sp³-hybridized carbons (Fsp3) is 0.500. The number of hydrogen-bond donors (Lipinski definition) is 1. The van der Waals surface area contributed by atoms with Crippen LogP contribution in [0.5, 0.6) is 0 Å². The maximum Gasteiger partial charge on any atom is 0.249 e. The van der Waals surface area contributed by atoms with Crippen LogP contribution in [0.3, 0.4) is 0 Å². The Kier molecular flexibility index (Phi) is 3.24. The summed E-state index contributed by atoms with van der Waals surface area (Å²) in [7, 11) is 1.75. The molecule has 1 unspecified atom stereocenters. The number of benzene rings is 1. The van der Waals surface area contributed by atoms with Gasteiger partial charge >= 0.3 is 0 Å². The van der Waals surface area contributed by atoms with E-state index in [9.17, 15) is 9.59 Å². The minimum Gasteiger partial charge on any atom is -0.340 e. The third-order valence-electron chi connectivity index (χ3n) is 4.55. The first kappa shape index (κ1) is 13.2. The van der Waals surface area contributed by atoms with Crippen LogP contribution in [0.15, 0.2) is 30.3 Å². The van der Waals surface area contributed by atoms with Gasteiger partial charge in [-0.05, 0) is 18.4 Å². The predicted molar refractivity (Wildman–Crippen MR) is 75.9 cm³/mol. The first-order valence-electron chi connectivity index (χ1n) is 7.28. The molecule has 1 saturated carbocycles. The Morgan fingerprint density at radius 3 is 2.40 bits per heavy atom. The summed E-state index contributed by atoms with van der Waals surface area (Å²) in [6.45, 7) is 0. The third-order valence-corrected chi connectivity index (χ3v) is 4.55. The molecule has 106 valence electrons. The lowest BCUT2D eigenvalue weighted by Gasteiger charge is -2.46. The summed E-state index contributed by atoms with van der Waals surface area (Å²) in [6, 6.07) is 8.99.